The fraction of sp³-hybridized carbons (Fsp3) is 0.400. The summed E-state index contributed by atoms with van der Waals surface area (Å²) in [5, 5.41) is 5.49. The number of benzene rings is 3. The van der Waals surface area contributed by atoms with E-state index in [1.54, 1.807) is 0 Å². The molecule has 0 fully saturated rings. The van der Waals surface area contributed by atoms with Crippen molar-refractivity contribution in [3.8, 4) is 0 Å². The van der Waals surface area contributed by atoms with Crippen LogP contribution in [-0.2, 0) is 35.1 Å². The first-order valence-corrected chi connectivity index (χ1v) is 16.3. The van der Waals surface area contributed by atoms with Gasteiger partial charge in [0.15, 0.2) is 0 Å². The molecule has 5 rings (SSSR count). The quantitative estimate of drug-likeness (QED) is 0.246. The van der Waals surface area contributed by atoms with Crippen molar-refractivity contribution in [1.29, 1.82) is 0 Å². The van der Waals surface area contributed by atoms with Crippen LogP contribution in [0.3, 0.4) is 0 Å². The first-order valence-electron chi connectivity index (χ1n) is 15.1. The van der Waals surface area contributed by atoms with Gasteiger partial charge in [-0.05, 0) is 10.8 Å². The second-order valence-corrected chi connectivity index (χ2v) is 16.3. The van der Waals surface area contributed by atoms with Crippen LogP contribution in [0.15, 0.2) is 90.5 Å². The van der Waals surface area contributed by atoms with Crippen LogP contribution >= 0.6 is 0 Å². The SMILES string of the molecule is CC(C)(C)c1ccc2[cH-]c3ccc(C(C)(C)C)cc3c2c1.CCC1[C-]=CC(C(C)(C)C)=C1.C[C](=[Zr+2])c1ccccc1.[Cl-].[Cl-]. The molecule has 1 unspecified atom stereocenters. The normalized spacial score (nSPS) is 14.5. The number of rotatable bonds is 2. The molecule has 1 aliphatic rings. The van der Waals surface area contributed by atoms with Crippen LogP contribution in [0.4, 0.5) is 0 Å². The standard InChI is InChI=1S/C21H25.C11H17.C8H8.2ClH.Zr/c1-20(2,3)16-9-7-14-11-15-8-10-17(21(4,5)6)13-19(15)18(14)12-16;1-5-9-6-7-10(8-9)11(2,3)4;1-2-8-6-4-3-5-7-8;;;/h7-13H,1-6H3;7-9H,5H2,1-4H3;3-7H,1H3;2*1H;/q2*-1;;;;+2/p-2. The van der Waals surface area contributed by atoms with Crippen LogP contribution in [0.25, 0.3) is 21.5 Å². The summed E-state index contributed by atoms with van der Waals surface area (Å²) in [6, 6.07) is 26.6. The molecule has 0 heterocycles. The Labute approximate surface area is 290 Å². The van der Waals surface area contributed by atoms with Gasteiger partial charge in [0.25, 0.3) is 0 Å². The summed E-state index contributed by atoms with van der Waals surface area (Å²) in [6.45, 7) is 24.8. The van der Waals surface area contributed by atoms with Crippen molar-refractivity contribution >= 4 is 24.8 Å². The predicted octanol–water partition coefficient (Wildman–Crippen LogP) is 5.45. The van der Waals surface area contributed by atoms with E-state index < -0.39 is 0 Å². The molecule has 4 aromatic carbocycles. The number of hydrogen-bond donors (Lipinski definition) is 0. The second-order valence-electron chi connectivity index (χ2n) is 14.4. The minimum Gasteiger partial charge on any atom is -1.00 e. The third kappa shape index (κ3) is 11.0. The monoisotopic (exact) mass is 690 g/mol. The molecular formula is C40H50Cl2Zr-2. The average Bonchev–Trinajstić information content (AvgIpc) is 3.53. The van der Waals surface area contributed by atoms with Crippen LogP contribution in [0.1, 0.15) is 99.3 Å². The van der Waals surface area contributed by atoms with Crippen molar-refractivity contribution in [2.45, 2.75) is 93.4 Å². The van der Waals surface area contributed by atoms with Gasteiger partial charge in [0.1, 0.15) is 0 Å². The topological polar surface area (TPSA) is 0 Å². The van der Waals surface area contributed by atoms with Gasteiger partial charge >= 0.3 is 70.3 Å². The maximum absolute atomic E-state index is 3.35. The Hall–Kier alpha value is -1.66. The molecule has 0 bridgehead atoms. The number of hydrogen-bond acceptors (Lipinski definition) is 0. The number of fused-ring (bicyclic) bond motifs is 3. The Morgan fingerprint density at radius 1 is 0.721 bits per heavy atom. The van der Waals surface area contributed by atoms with Gasteiger partial charge in [-0.15, -0.1) is 39.7 Å². The van der Waals surface area contributed by atoms with Gasteiger partial charge < -0.3 is 24.8 Å². The summed E-state index contributed by atoms with van der Waals surface area (Å²) in [4.78, 5) is 0. The van der Waals surface area contributed by atoms with Crippen LogP contribution in [0.5, 0.6) is 0 Å². The zero-order chi connectivity index (χ0) is 30.6. The first kappa shape index (κ1) is 39.4. The van der Waals surface area contributed by atoms with E-state index in [0.717, 1.165) is 0 Å². The minimum atomic E-state index is 0. The maximum atomic E-state index is 3.35. The molecule has 0 nitrogen and oxygen atoms in total. The third-order valence-corrected chi connectivity index (χ3v) is 8.50. The molecule has 0 saturated carbocycles. The van der Waals surface area contributed by atoms with Gasteiger partial charge in [-0.25, -0.2) is 6.08 Å². The van der Waals surface area contributed by atoms with Gasteiger partial charge in [0, 0.05) is 0 Å². The molecule has 1 aliphatic carbocycles. The molecule has 0 amide bonds. The van der Waals surface area contributed by atoms with Crippen LogP contribution in [0, 0.1) is 17.4 Å². The minimum absolute atomic E-state index is 0. The molecule has 1 atom stereocenters. The van der Waals surface area contributed by atoms with E-state index >= 15 is 0 Å². The summed E-state index contributed by atoms with van der Waals surface area (Å²) >= 11 is 1.51. The predicted molar refractivity (Wildman–Crippen MR) is 180 cm³/mol. The Bertz CT molecular complexity index is 1460. The molecule has 0 aromatic heterocycles. The fourth-order valence-electron chi connectivity index (χ4n) is 4.83. The molecule has 0 spiro atoms. The molecule has 4 aromatic rings. The molecule has 230 valence electrons. The molecule has 0 radical (unpaired) electrons. The summed E-state index contributed by atoms with van der Waals surface area (Å²) in [7, 11) is 0. The summed E-state index contributed by atoms with van der Waals surface area (Å²) in [5.41, 5.74) is 6.31. The largest absolute Gasteiger partial charge is 1.00 e. The first-order chi connectivity index (χ1) is 19.0. The van der Waals surface area contributed by atoms with E-state index in [1.165, 1.54) is 77.7 Å². The van der Waals surface area contributed by atoms with Gasteiger partial charge in [0.2, 0.25) is 0 Å². The summed E-state index contributed by atoms with van der Waals surface area (Å²) in [5.74, 6) is 0.573. The molecule has 0 aliphatic heterocycles. The Kier molecular flexibility index (Phi) is 14.7. The van der Waals surface area contributed by atoms with Crippen molar-refractivity contribution in [3.63, 3.8) is 0 Å². The van der Waals surface area contributed by atoms with Crippen molar-refractivity contribution in [1.82, 2.24) is 0 Å². The van der Waals surface area contributed by atoms with E-state index in [1.807, 2.05) is 6.07 Å². The van der Waals surface area contributed by atoms with Crippen molar-refractivity contribution in [2.24, 2.45) is 11.3 Å². The number of allylic oxidation sites excluding steroid dienone is 4. The molecule has 43 heavy (non-hydrogen) atoms. The fourth-order valence-corrected chi connectivity index (χ4v) is 5.24. The van der Waals surface area contributed by atoms with E-state index in [9.17, 15) is 0 Å². The van der Waals surface area contributed by atoms with Crippen LogP contribution in [0.2, 0.25) is 0 Å². The van der Waals surface area contributed by atoms with Gasteiger partial charge in [0.05, 0.1) is 0 Å². The Morgan fingerprint density at radius 2 is 1.19 bits per heavy atom. The van der Waals surface area contributed by atoms with E-state index in [0.29, 0.717) is 11.3 Å². The van der Waals surface area contributed by atoms with Gasteiger partial charge in [-0.1, -0.05) is 122 Å². The molecule has 0 saturated heterocycles. The third-order valence-electron chi connectivity index (χ3n) is 7.79. The summed E-state index contributed by atoms with van der Waals surface area (Å²) in [6.07, 6.45) is 9.00. The Balaban J connectivity index is 0.000000356. The van der Waals surface area contributed by atoms with Gasteiger partial charge in [-0.3, -0.25) is 6.08 Å². The van der Waals surface area contributed by atoms with E-state index in [4.69, 9.17) is 0 Å². The zero-order valence-corrected chi connectivity index (χ0v) is 32.1. The van der Waals surface area contributed by atoms with Crippen molar-refractivity contribution < 1.29 is 49.0 Å². The molecule has 0 N–H and O–H groups in total. The van der Waals surface area contributed by atoms with Crippen molar-refractivity contribution in [2.75, 3.05) is 0 Å². The van der Waals surface area contributed by atoms with Crippen molar-refractivity contribution in [3.05, 3.63) is 113 Å². The van der Waals surface area contributed by atoms with E-state index in [2.05, 4.69) is 161 Å². The smallest absolute Gasteiger partial charge is 1.00 e. The Morgan fingerprint density at radius 3 is 1.49 bits per heavy atom. The summed E-state index contributed by atoms with van der Waals surface area (Å²) < 4.78 is 1.46. The molecular weight excluding hydrogens is 643 g/mol. The van der Waals surface area contributed by atoms with Gasteiger partial charge in [-0.2, -0.15) is 11.6 Å². The van der Waals surface area contributed by atoms with Crippen LogP contribution < -0.4 is 24.8 Å². The average molecular weight is 693 g/mol. The number of halogens is 2. The second kappa shape index (κ2) is 16.1. The maximum Gasteiger partial charge on any atom is -1.00 e. The van der Waals surface area contributed by atoms with E-state index in [-0.39, 0.29) is 35.6 Å². The molecule has 3 heteroatoms. The van der Waals surface area contributed by atoms with Crippen LogP contribution in [-0.4, -0.2) is 3.21 Å². The zero-order valence-electron chi connectivity index (χ0n) is 28.1.